The van der Waals surface area contributed by atoms with E-state index in [1.807, 2.05) is 45.2 Å². The Labute approximate surface area is 227 Å². The van der Waals surface area contributed by atoms with Crippen LogP contribution in [0.2, 0.25) is 5.02 Å². The minimum atomic E-state index is -1.07. The normalized spacial score (nSPS) is 16.3. The fourth-order valence-electron chi connectivity index (χ4n) is 5.07. The van der Waals surface area contributed by atoms with Gasteiger partial charge < -0.3 is 30.3 Å². The SMILES string of the molecule is CC(C)(C)N(CC1(C(=O)N[C@@H](CCO)c2ccc(Cl)cc2)CCN(c2ncnc3[nH]ccc23)CC1)C(=O)O. The van der Waals surface area contributed by atoms with E-state index in [4.69, 9.17) is 11.6 Å². The van der Waals surface area contributed by atoms with Crippen LogP contribution in [0.25, 0.3) is 11.0 Å². The molecule has 1 atom stereocenters. The lowest BCUT2D eigenvalue weighted by Crippen LogP contribution is -2.58. The average molecular weight is 543 g/mol. The third kappa shape index (κ3) is 5.86. The summed E-state index contributed by atoms with van der Waals surface area (Å²) >= 11 is 6.05. The number of hydrogen-bond acceptors (Lipinski definition) is 6. The Balaban J connectivity index is 1.63. The van der Waals surface area contributed by atoms with Gasteiger partial charge in [0.15, 0.2) is 0 Å². The molecule has 1 aliphatic heterocycles. The minimum absolute atomic E-state index is 0.0569. The molecule has 1 fully saturated rings. The van der Waals surface area contributed by atoms with Crippen molar-refractivity contribution in [1.82, 2.24) is 25.2 Å². The maximum absolute atomic E-state index is 14.1. The third-order valence-electron chi connectivity index (χ3n) is 7.33. The van der Waals surface area contributed by atoms with E-state index in [1.54, 1.807) is 12.1 Å². The van der Waals surface area contributed by atoms with Crippen LogP contribution in [0.3, 0.4) is 0 Å². The van der Waals surface area contributed by atoms with Crippen LogP contribution >= 0.6 is 11.6 Å². The second-order valence-electron chi connectivity index (χ2n) is 10.8. The van der Waals surface area contributed by atoms with Crippen molar-refractivity contribution in [3.05, 3.63) is 53.4 Å². The van der Waals surface area contributed by atoms with Gasteiger partial charge in [-0.05, 0) is 63.8 Å². The van der Waals surface area contributed by atoms with Gasteiger partial charge in [-0.15, -0.1) is 0 Å². The quantitative estimate of drug-likeness (QED) is 0.335. The van der Waals surface area contributed by atoms with Gasteiger partial charge in [0.25, 0.3) is 0 Å². The van der Waals surface area contributed by atoms with Gasteiger partial charge in [-0.1, -0.05) is 23.7 Å². The van der Waals surface area contributed by atoms with Crippen molar-refractivity contribution < 1.29 is 19.8 Å². The summed E-state index contributed by atoms with van der Waals surface area (Å²) in [4.78, 5) is 41.7. The van der Waals surface area contributed by atoms with E-state index in [0.29, 0.717) is 37.4 Å². The average Bonchev–Trinajstić information content (AvgIpc) is 3.36. The molecule has 4 rings (SSSR count). The number of fused-ring (bicyclic) bond motifs is 1. The van der Waals surface area contributed by atoms with Crippen LogP contribution in [-0.2, 0) is 4.79 Å². The molecule has 0 bridgehead atoms. The first kappa shape index (κ1) is 27.7. The fourth-order valence-corrected chi connectivity index (χ4v) is 5.19. The summed E-state index contributed by atoms with van der Waals surface area (Å²) in [7, 11) is 0. The Morgan fingerprint density at radius 1 is 1.18 bits per heavy atom. The molecule has 10 nitrogen and oxygen atoms in total. The topological polar surface area (TPSA) is 135 Å². The van der Waals surface area contributed by atoms with Crippen molar-refractivity contribution in [1.29, 1.82) is 0 Å². The Morgan fingerprint density at radius 3 is 2.47 bits per heavy atom. The lowest BCUT2D eigenvalue weighted by molar-refractivity contribution is -0.135. The highest BCUT2D eigenvalue weighted by Crippen LogP contribution is 2.38. The number of halogens is 1. The van der Waals surface area contributed by atoms with Gasteiger partial charge in [0.2, 0.25) is 5.91 Å². The van der Waals surface area contributed by atoms with Gasteiger partial charge in [-0.3, -0.25) is 4.79 Å². The molecule has 3 aromatic rings. The molecule has 1 aromatic carbocycles. The summed E-state index contributed by atoms with van der Waals surface area (Å²) < 4.78 is 0. The molecule has 0 saturated carbocycles. The number of carboxylic acid groups (broad SMARTS) is 1. The lowest BCUT2D eigenvalue weighted by Gasteiger charge is -2.46. The van der Waals surface area contributed by atoms with Gasteiger partial charge in [0.05, 0.1) is 16.8 Å². The zero-order valence-electron chi connectivity index (χ0n) is 21.9. The number of aromatic amines is 1. The van der Waals surface area contributed by atoms with Gasteiger partial charge in [-0.25, -0.2) is 14.8 Å². The van der Waals surface area contributed by atoms with Crippen LogP contribution in [0.15, 0.2) is 42.9 Å². The second kappa shape index (κ2) is 11.2. The first-order valence-electron chi connectivity index (χ1n) is 12.7. The van der Waals surface area contributed by atoms with E-state index in [-0.39, 0.29) is 19.1 Å². The van der Waals surface area contributed by atoms with E-state index in [9.17, 15) is 19.8 Å². The molecule has 38 heavy (non-hydrogen) atoms. The number of H-pyrrole nitrogens is 1. The zero-order chi connectivity index (χ0) is 27.5. The summed E-state index contributed by atoms with van der Waals surface area (Å²) in [5.41, 5.74) is -0.0942. The molecule has 0 radical (unpaired) electrons. The Bertz CT molecular complexity index is 1260. The van der Waals surface area contributed by atoms with Crippen LogP contribution in [-0.4, -0.2) is 73.8 Å². The summed E-state index contributed by atoms with van der Waals surface area (Å²) in [5, 5.41) is 24.4. The van der Waals surface area contributed by atoms with Crippen molar-refractivity contribution in [3.8, 4) is 0 Å². The number of nitrogens with zero attached hydrogens (tertiary/aromatic N) is 4. The Kier molecular flexibility index (Phi) is 8.13. The number of rotatable bonds is 8. The molecule has 4 N–H and O–H groups in total. The number of amides is 2. The van der Waals surface area contributed by atoms with Crippen LogP contribution < -0.4 is 10.2 Å². The second-order valence-corrected chi connectivity index (χ2v) is 11.3. The molecule has 0 aliphatic carbocycles. The highest BCUT2D eigenvalue weighted by Gasteiger charge is 2.46. The number of piperidine rings is 1. The standard InChI is InChI=1S/C27H35ClN6O4/c1-26(2,3)34(25(37)38)16-27(24(36)32-21(9-15-35)18-4-6-19(28)7-5-18)10-13-33(14-11-27)23-20-8-12-29-22(20)30-17-31-23/h4-8,12,17,21,35H,9-11,13-16H2,1-3H3,(H,32,36)(H,37,38)(H,29,30,31)/t21-/m0/s1. The van der Waals surface area contributed by atoms with Crippen LogP contribution in [0.1, 0.15) is 51.6 Å². The lowest BCUT2D eigenvalue weighted by atomic mass is 9.75. The van der Waals surface area contributed by atoms with E-state index in [2.05, 4.69) is 25.2 Å². The number of benzene rings is 1. The molecule has 0 spiro atoms. The molecule has 204 valence electrons. The fraction of sp³-hybridized carbons (Fsp3) is 0.481. The summed E-state index contributed by atoms with van der Waals surface area (Å²) in [6, 6.07) is 8.64. The van der Waals surface area contributed by atoms with E-state index >= 15 is 0 Å². The molecule has 0 unspecified atom stereocenters. The highest BCUT2D eigenvalue weighted by atomic mass is 35.5. The molecule has 2 aromatic heterocycles. The van der Waals surface area contributed by atoms with Gasteiger partial charge in [0, 0.05) is 43.0 Å². The van der Waals surface area contributed by atoms with Crippen molar-refractivity contribution in [3.63, 3.8) is 0 Å². The number of anilines is 1. The van der Waals surface area contributed by atoms with E-state index < -0.39 is 23.1 Å². The maximum Gasteiger partial charge on any atom is 0.407 e. The molecule has 1 saturated heterocycles. The molecule has 11 heteroatoms. The molecule has 2 amide bonds. The number of aliphatic hydroxyl groups excluding tert-OH is 1. The number of nitrogens with one attached hydrogen (secondary N) is 2. The van der Waals surface area contributed by atoms with E-state index in [0.717, 1.165) is 22.4 Å². The summed E-state index contributed by atoms with van der Waals surface area (Å²) in [5.74, 6) is 0.561. The largest absolute Gasteiger partial charge is 0.465 e. The molecular weight excluding hydrogens is 508 g/mol. The zero-order valence-corrected chi connectivity index (χ0v) is 22.7. The Morgan fingerprint density at radius 2 is 1.87 bits per heavy atom. The molecule has 1 aliphatic rings. The molecular formula is C27H35ClN6O4. The van der Waals surface area contributed by atoms with Gasteiger partial charge in [0.1, 0.15) is 17.8 Å². The van der Waals surface area contributed by atoms with Crippen molar-refractivity contribution >= 4 is 40.5 Å². The Hall–Kier alpha value is -3.37. The number of aliphatic hydroxyl groups is 1. The predicted molar refractivity (Wildman–Crippen MR) is 146 cm³/mol. The number of aromatic nitrogens is 3. The van der Waals surface area contributed by atoms with Crippen LogP contribution in [0, 0.1) is 5.41 Å². The first-order chi connectivity index (χ1) is 18.0. The van der Waals surface area contributed by atoms with Gasteiger partial charge >= 0.3 is 6.09 Å². The summed E-state index contributed by atoms with van der Waals surface area (Å²) in [6.45, 7) is 6.47. The monoisotopic (exact) mass is 542 g/mol. The summed E-state index contributed by atoms with van der Waals surface area (Å²) in [6.07, 6.45) is 3.45. The predicted octanol–water partition coefficient (Wildman–Crippen LogP) is 4.22. The number of carbonyl (C=O) groups excluding carboxylic acids is 1. The van der Waals surface area contributed by atoms with Crippen LogP contribution in [0.5, 0.6) is 0 Å². The van der Waals surface area contributed by atoms with Crippen molar-refractivity contribution in [2.75, 3.05) is 31.1 Å². The maximum atomic E-state index is 14.1. The van der Waals surface area contributed by atoms with Crippen molar-refractivity contribution in [2.24, 2.45) is 5.41 Å². The first-order valence-corrected chi connectivity index (χ1v) is 13.1. The minimum Gasteiger partial charge on any atom is -0.465 e. The van der Waals surface area contributed by atoms with Gasteiger partial charge in [-0.2, -0.15) is 0 Å². The highest BCUT2D eigenvalue weighted by molar-refractivity contribution is 6.30. The van der Waals surface area contributed by atoms with Crippen molar-refractivity contribution in [2.45, 2.75) is 51.6 Å². The molecule has 3 heterocycles. The smallest absolute Gasteiger partial charge is 0.407 e. The number of carbonyl (C=O) groups is 2. The van der Waals surface area contributed by atoms with E-state index in [1.165, 1.54) is 11.2 Å². The number of hydrogen-bond donors (Lipinski definition) is 4. The third-order valence-corrected chi connectivity index (χ3v) is 7.58. The van der Waals surface area contributed by atoms with Crippen LogP contribution in [0.4, 0.5) is 10.6 Å².